The van der Waals surface area contributed by atoms with Gasteiger partial charge in [0, 0.05) is 30.4 Å². The van der Waals surface area contributed by atoms with E-state index in [9.17, 15) is 0 Å². The zero-order valence-electron chi connectivity index (χ0n) is 11.4. The normalized spacial score (nSPS) is 14.6. The molecule has 0 aliphatic carbocycles. The minimum atomic E-state index is 0.842. The fourth-order valence-electron chi connectivity index (χ4n) is 2.53. The number of aryl methyl sites for hydroxylation is 1. The van der Waals surface area contributed by atoms with Crippen molar-refractivity contribution in [3.05, 3.63) is 65.2 Å². The molecule has 1 heterocycles. The SMILES string of the molecule is Cc1ccc2c(c1)C(c1ccccc1)=NCCN2C. The van der Waals surface area contributed by atoms with Gasteiger partial charge in [0.1, 0.15) is 0 Å². The molecule has 2 aromatic rings. The van der Waals surface area contributed by atoms with Gasteiger partial charge in [-0.05, 0) is 19.1 Å². The van der Waals surface area contributed by atoms with Gasteiger partial charge in [-0.3, -0.25) is 4.99 Å². The summed E-state index contributed by atoms with van der Waals surface area (Å²) in [6.45, 7) is 3.94. The molecule has 0 radical (unpaired) electrons. The van der Waals surface area contributed by atoms with E-state index in [4.69, 9.17) is 4.99 Å². The Morgan fingerprint density at radius 1 is 1.05 bits per heavy atom. The summed E-state index contributed by atoms with van der Waals surface area (Å²) in [5.41, 5.74) is 6.10. The Balaban J connectivity index is 2.18. The highest BCUT2D eigenvalue weighted by atomic mass is 15.1. The van der Waals surface area contributed by atoms with Crippen molar-refractivity contribution in [3.63, 3.8) is 0 Å². The Hall–Kier alpha value is -2.09. The summed E-state index contributed by atoms with van der Waals surface area (Å²) < 4.78 is 0. The molecule has 0 N–H and O–H groups in total. The smallest absolute Gasteiger partial charge is 0.0740 e. The number of hydrogen-bond donors (Lipinski definition) is 0. The quantitative estimate of drug-likeness (QED) is 0.758. The van der Waals surface area contributed by atoms with Crippen LogP contribution in [0.5, 0.6) is 0 Å². The van der Waals surface area contributed by atoms with Crippen LogP contribution in [0.2, 0.25) is 0 Å². The van der Waals surface area contributed by atoms with Crippen LogP contribution in [0.15, 0.2) is 53.5 Å². The Morgan fingerprint density at radius 2 is 1.84 bits per heavy atom. The van der Waals surface area contributed by atoms with E-state index in [0.717, 1.165) is 18.8 Å². The number of anilines is 1. The van der Waals surface area contributed by atoms with Crippen LogP contribution in [-0.4, -0.2) is 25.8 Å². The highest BCUT2D eigenvalue weighted by Crippen LogP contribution is 2.26. The van der Waals surface area contributed by atoms with E-state index in [1.165, 1.54) is 22.4 Å². The third-order valence-corrected chi connectivity index (χ3v) is 3.57. The number of rotatable bonds is 1. The molecule has 0 saturated carbocycles. The Kier molecular flexibility index (Phi) is 3.08. The average Bonchev–Trinajstić information content (AvgIpc) is 2.59. The van der Waals surface area contributed by atoms with E-state index < -0.39 is 0 Å². The van der Waals surface area contributed by atoms with Crippen LogP contribution < -0.4 is 4.90 Å². The largest absolute Gasteiger partial charge is 0.372 e. The molecule has 19 heavy (non-hydrogen) atoms. The molecule has 0 spiro atoms. The first-order valence-corrected chi connectivity index (χ1v) is 6.68. The second kappa shape index (κ2) is 4.88. The maximum atomic E-state index is 4.80. The summed E-state index contributed by atoms with van der Waals surface area (Å²) >= 11 is 0. The number of fused-ring (bicyclic) bond motifs is 1. The standard InChI is InChI=1S/C17H18N2/c1-13-8-9-16-15(12-13)17(18-10-11-19(16)2)14-6-4-3-5-7-14/h3-9,12H,10-11H2,1-2H3. The topological polar surface area (TPSA) is 15.6 Å². The van der Waals surface area contributed by atoms with E-state index in [1.807, 2.05) is 6.07 Å². The van der Waals surface area contributed by atoms with Crippen LogP contribution in [0.25, 0.3) is 0 Å². The summed E-state index contributed by atoms with van der Waals surface area (Å²) in [4.78, 5) is 7.09. The van der Waals surface area contributed by atoms with Gasteiger partial charge in [-0.1, -0.05) is 42.0 Å². The zero-order valence-corrected chi connectivity index (χ0v) is 11.4. The van der Waals surface area contributed by atoms with Gasteiger partial charge in [0.2, 0.25) is 0 Å². The summed E-state index contributed by atoms with van der Waals surface area (Å²) in [6.07, 6.45) is 0. The maximum absolute atomic E-state index is 4.80. The molecule has 0 amide bonds. The summed E-state index contributed by atoms with van der Waals surface area (Å²) in [6, 6.07) is 17.1. The highest BCUT2D eigenvalue weighted by molar-refractivity contribution is 6.16. The van der Waals surface area contributed by atoms with Crippen molar-refractivity contribution in [2.45, 2.75) is 6.92 Å². The Labute approximate surface area is 114 Å². The van der Waals surface area contributed by atoms with Gasteiger partial charge in [0.25, 0.3) is 0 Å². The van der Waals surface area contributed by atoms with Crippen molar-refractivity contribution in [1.29, 1.82) is 0 Å². The van der Waals surface area contributed by atoms with Gasteiger partial charge in [-0.2, -0.15) is 0 Å². The number of hydrogen-bond acceptors (Lipinski definition) is 2. The molecule has 0 bridgehead atoms. The lowest BCUT2D eigenvalue weighted by atomic mass is 9.98. The monoisotopic (exact) mass is 250 g/mol. The van der Waals surface area contributed by atoms with Crippen LogP contribution in [0.3, 0.4) is 0 Å². The molecule has 3 rings (SSSR count). The van der Waals surface area contributed by atoms with Gasteiger partial charge in [0.15, 0.2) is 0 Å². The fourth-order valence-corrected chi connectivity index (χ4v) is 2.53. The first kappa shape index (κ1) is 12.0. The third-order valence-electron chi connectivity index (χ3n) is 3.57. The summed E-state index contributed by atoms with van der Waals surface area (Å²) in [5.74, 6) is 0. The predicted octanol–water partition coefficient (Wildman–Crippen LogP) is 3.28. The zero-order chi connectivity index (χ0) is 13.2. The van der Waals surface area contributed by atoms with E-state index in [-0.39, 0.29) is 0 Å². The van der Waals surface area contributed by atoms with E-state index in [2.05, 4.69) is 61.3 Å². The van der Waals surface area contributed by atoms with Gasteiger partial charge in [-0.15, -0.1) is 0 Å². The lowest BCUT2D eigenvalue weighted by molar-refractivity contribution is 0.896. The molecule has 2 nitrogen and oxygen atoms in total. The van der Waals surface area contributed by atoms with Crippen LogP contribution in [-0.2, 0) is 0 Å². The van der Waals surface area contributed by atoms with Crippen LogP contribution in [0.1, 0.15) is 16.7 Å². The molecule has 2 heteroatoms. The Morgan fingerprint density at radius 3 is 2.63 bits per heavy atom. The fraction of sp³-hybridized carbons (Fsp3) is 0.235. The van der Waals surface area contributed by atoms with Crippen LogP contribution in [0.4, 0.5) is 5.69 Å². The molecular formula is C17H18N2. The number of aliphatic imine (C=N–C) groups is 1. The highest BCUT2D eigenvalue weighted by Gasteiger charge is 2.17. The lowest BCUT2D eigenvalue weighted by Crippen LogP contribution is -2.20. The number of likely N-dealkylation sites (N-methyl/N-ethyl adjacent to an activating group) is 1. The predicted molar refractivity (Wildman–Crippen MR) is 81.4 cm³/mol. The molecule has 1 aliphatic rings. The lowest BCUT2D eigenvalue weighted by Gasteiger charge is -2.19. The molecule has 96 valence electrons. The van der Waals surface area contributed by atoms with Gasteiger partial charge >= 0.3 is 0 Å². The summed E-state index contributed by atoms with van der Waals surface area (Å²) in [5, 5.41) is 0. The summed E-state index contributed by atoms with van der Waals surface area (Å²) in [7, 11) is 2.14. The third kappa shape index (κ3) is 2.26. The maximum Gasteiger partial charge on any atom is 0.0740 e. The average molecular weight is 250 g/mol. The second-order valence-electron chi connectivity index (χ2n) is 5.04. The van der Waals surface area contributed by atoms with Crippen molar-refractivity contribution in [3.8, 4) is 0 Å². The number of benzene rings is 2. The minimum Gasteiger partial charge on any atom is -0.372 e. The van der Waals surface area contributed by atoms with Crippen molar-refractivity contribution in [2.75, 3.05) is 25.0 Å². The van der Waals surface area contributed by atoms with Crippen LogP contribution >= 0.6 is 0 Å². The van der Waals surface area contributed by atoms with Crippen molar-refractivity contribution in [1.82, 2.24) is 0 Å². The van der Waals surface area contributed by atoms with Crippen molar-refractivity contribution < 1.29 is 0 Å². The van der Waals surface area contributed by atoms with Crippen molar-refractivity contribution >= 4 is 11.4 Å². The molecular weight excluding hydrogens is 232 g/mol. The number of nitrogens with zero attached hydrogens (tertiary/aromatic N) is 2. The van der Waals surface area contributed by atoms with E-state index in [0.29, 0.717) is 0 Å². The second-order valence-corrected chi connectivity index (χ2v) is 5.04. The molecule has 1 aliphatic heterocycles. The first-order valence-electron chi connectivity index (χ1n) is 6.68. The number of benzodiazepines with no additional fused rings is 1. The molecule has 2 aromatic carbocycles. The molecule has 0 aromatic heterocycles. The van der Waals surface area contributed by atoms with Gasteiger partial charge in [-0.25, -0.2) is 0 Å². The van der Waals surface area contributed by atoms with E-state index >= 15 is 0 Å². The molecule has 0 saturated heterocycles. The van der Waals surface area contributed by atoms with Gasteiger partial charge < -0.3 is 4.90 Å². The Bertz CT molecular complexity index is 614. The molecule has 0 fully saturated rings. The van der Waals surface area contributed by atoms with Gasteiger partial charge in [0.05, 0.1) is 12.3 Å². The molecule has 0 atom stereocenters. The first-order chi connectivity index (χ1) is 9.25. The molecule has 0 unspecified atom stereocenters. The van der Waals surface area contributed by atoms with E-state index in [1.54, 1.807) is 0 Å². The minimum absolute atomic E-state index is 0.842. The van der Waals surface area contributed by atoms with Crippen molar-refractivity contribution in [2.24, 2.45) is 4.99 Å². The van der Waals surface area contributed by atoms with Crippen LogP contribution in [0, 0.1) is 6.92 Å².